The van der Waals surface area contributed by atoms with Gasteiger partial charge in [-0.3, -0.25) is 4.79 Å². The Balaban J connectivity index is 2.22. The molecule has 0 saturated heterocycles. The maximum Gasteiger partial charge on any atom is 0.257 e. The van der Waals surface area contributed by atoms with Gasteiger partial charge in [0.15, 0.2) is 5.75 Å². The summed E-state index contributed by atoms with van der Waals surface area (Å²) in [5.41, 5.74) is 1.50. The summed E-state index contributed by atoms with van der Waals surface area (Å²) in [6.07, 6.45) is 0. The van der Waals surface area contributed by atoms with Gasteiger partial charge in [-0.2, -0.15) is 0 Å². The number of ether oxygens (including phenoxy) is 2. The number of hydrogen-bond acceptors (Lipinski definition) is 4. The summed E-state index contributed by atoms with van der Waals surface area (Å²) in [4.78, 5) is 14.3. The third-order valence-electron chi connectivity index (χ3n) is 3.14. The van der Waals surface area contributed by atoms with E-state index in [4.69, 9.17) is 9.47 Å². The number of benzene rings is 1. The van der Waals surface area contributed by atoms with Crippen LogP contribution in [0.1, 0.15) is 17.3 Å². The van der Waals surface area contributed by atoms with Crippen molar-refractivity contribution >= 4 is 11.6 Å². The van der Waals surface area contributed by atoms with E-state index in [9.17, 15) is 4.79 Å². The molecule has 1 heterocycles. The number of rotatable bonds is 5. The van der Waals surface area contributed by atoms with Crippen LogP contribution < -0.4 is 10.1 Å². The maximum atomic E-state index is 12.5. The maximum absolute atomic E-state index is 12.5. The molecule has 0 aromatic heterocycles. The van der Waals surface area contributed by atoms with Gasteiger partial charge in [-0.05, 0) is 19.1 Å². The smallest absolute Gasteiger partial charge is 0.257 e. The van der Waals surface area contributed by atoms with E-state index in [-0.39, 0.29) is 5.91 Å². The molecule has 1 aromatic carbocycles. The quantitative estimate of drug-likeness (QED) is 0.877. The van der Waals surface area contributed by atoms with Gasteiger partial charge in [0.05, 0.1) is 17.9 Å². The number of nitrogens with one attached hydrogen (secondary N) is 1. The van der Waals surface area contributed by atoms with E-state index in [1.165, 1.54) is 0 Å². The van der Waals surface area contributed by atoms with E-state index in [1.807, 2.05) is 25.1 Å². The number of carbonyl (C=O) groups is 1. The van der Waals surface area contributed by atoms with Crippen molar-refractivity contribution < 1.29 is 14.3 Å². The number of hydrogen-bond donors (Lipinski definition) is 1. The average molecular weight is 264 g/mol. The minimum absolute atomic E-state index is 0.0138. The van der Waals surface area contributed by atoms with Crippen molar-refractivity contribution in [1.29, 1.82) is 0 Å². The molecule has 0 atom stereocenters. The van der Waals surface area contributed by atoms with E-state index in [2.05, 4.69) is 5.32 Å². The second kappa shape index (κ2) is 6.43. The molecule has 19 heavy (non-hydrogen) atoms. The van der Waals surface area contributed by atoms with Crippen LogP contribution >= 0.6 is 0 Å². The minimum Gasteiger partial charge on any atom is -0.489 e. The number of amides is 1. The zero-order valence-electron chi connectivity index (χ0n) is 11.4. The fourth-order valence-electron chi connectivity index (χ4n) is 2.11. The van der Waals surface area contributed by atoms with Gasteiger partial charge >= 0.3 is 0 Å². The lowest BCUT2D eigenvalue weighted by atomic mass is 10.1. The first-order valence-electron chi connectivity index (χ1n) is 6.55. The standard InChI is InChI=1S/C14H20N2O3/c1-3-16(8-10-18-2)14(17)11-5-4-6-12-13(11)19-9-7-15-12/h4-6,15H,3,7-10H2,1-2H3. The molecule has 0 unspecified atom stereocenters. The lowest BCUT2D eigenvalue weighted by Gasteiger charge is -2.25. The Morgan fingerprint density at radius 1 is 1.53 bits per heavy atom. The Labute approximate surface area is 113 Å². The van der Waals surface area contributed by atoms with Crippen molar-refractivity contribution in [3.8, 4) is 5.75 Å². The van der Waals surface area contributed by atoms with E-state index in [0.29, 0.717) is 37.6 Å². The zero-order chi connectivity index (χ0) is 13.7. The fourth-order valence-corrected chi connectivity index (χ4v) is 2.11. The lowest BCUT2D eigenvalue weighted by Crippen LogP contribution is -2.34. The molecule has 1 aromatic rings. The summed E-state index contributed by atoms with van der Waals surface area (Å²) in [5.74, 6) is 0.648. The normalized spacial score (nSPS) is 13.2. The first-order valence-corrected chi connectivity index (χ1v) is 6.55. The van der Waals surface area contributed by atoms with Gasteiger partial charge in [0.1, 0.15) is 6.61 Å². The minimum atomic E-state index is -0.0138. The highest BCUT2D eigenvalue weighted by Gasteiger charge is 2.22. The Bertz CT molecular complexity index is 448. The molecule has 1 aliphatic heterocycles. The molecule has 0 spiro atoms. The van der Waals surface area contributed by atoms with Gasteiger partial charge in [0, 0.05) is 26.7 Å². The van der Waals surface area contributed by atoms with Crippen LogP contribution in [0.15, 0.2) is 18.2 Å². The second-order valence-corrected chi connectivity index (χ2v) is 4.34. The number of methoxy groups -OCH3 is 1. The molecule has 5 nitrogen and oxygen atoms in total. The van der Waals surface area contributed by atoms with E-state index < -0.39 is 0 Å². The molecule has 104 valence electrons. The number of carbonyl (C=O) groups excluding carboxylic acids is 1. The van der Waals surface area contributed by atoms with Crippen LogP contribution in [0.2, 0.25) is 0 Å². The first-order chi connectivity index (χ1) is 9.27. The molecular weight excluding hydrogens is 244 g/mol. The van der Waals surface area contributed by atoms with E-state index >= 15 is 0 Å². The van der Waals surface area contributed by atoms with Crippen LogP contribution in [0, 0.1) is 0 Å². The monoisotopic (exact) mass is 264 g/mol. The highest BCUT2D eigenvalue weighted by Crippen LogP contribution is 2.31. The molecule has 2 rings (SSSR count). The van der Waals surface area contributed by atoms with Gasteiger partial charge in [-0.1, -0.05) is 6.07 Å². The molecule has 1 N–H and O–H groups in total. The van der Waals surface area contributed by atoms with E-state index in [1.54, 1.807) is 12.0 Å². The Hall–Kier alpha value is -1.75. The van der Waals surface area contributed by atoms with Gasteiger partial charge in [-0.25, -0.2) is 0 Å². The number of fused-ring (bicyclic) bond motifs is 1. The molecular formula is C14H20N2O3. The van der Waals surface area contributed by atoms with Crippen LogP contribution in [0.25, 0.3) is 0 Å². The van der Waals surface area contributed by atoms with Gasteiger partial charge in [-0.15, -0.1) is 0 Å². The highest BCUT2D eigenvalue weighted by molar-refractivity contribution is 5.99. The Morgan fingerprint density at radius 2 is 2.37 bits per heavy atom. The largest absolute Gasteiger partial charge is 0.489 e. The lowest BCUT2D eigenvalue weighted by molar-refractivity contribution is 0.0702. The van der Waals surface area contributed by atoms with Crippen LogP contribution in [-0.2, 0) is 4.74 Å². The Kier molecular flexibility index (Phi) is 4.63. The Morgan fingerprint density at radius 3 is 3.11 bits per heavy atom. The van der Waals surface area contributed by atoms with Crippen molar-refractivity contribution in [3.05, 3.63) is 23.8 Å². The average Bonchev–Trinajstić information content (AvgIpc) is 2.47. The van der Waals surface area contributed by atoms with E-state index in [0.717, 1.165) is 12.2 Å². The number of likely N-dealkylation sites (N-methyl/N-ethyl adjacent to an activating group) is 1. The van der Waals surface area contributed by atoms with Crippen LogP contribution in [-0.4, -0.2) is 50.8 Å². The summed E-state index contributed by atoms with van der Waals surface area (Å²) in [6.45, 7) is 5.09. The molecule has 0 saturated carbocycles. The van der Waals surface area contributed by atoms with Crippen molar-refractivity contribution in [2.75, 3.05) is 45.3 Å². The van der Waals surface area contributed by atoms with Crippen LogP contribution in [0.4, 0.5) is 5.69 Å². The summed E-state index contributed by atoms with van der Waals surface area (Å²) < 4.78 is 10.7. The molecule has 0 bridgehead atoms. The predicted octanol–water partition coefficient (Wildman–Crippen LogP) is 1.60. The van der Waals surface area contributed by atoms with Gasteiger partial charge < -0.3 is 19.7 Å². The SMILES string of the molecule is CCN(CCOC)C(=O)c1cccc2c1OCCN2. The molecule has 0 aliphatic carbocycles. The van der Waals surface area contributed by atoms with Crippen LogP contribution in [0.5, 0.6) is 5.75 Å². The molecule has 5 heteroatoms. The topological polar surface area (TPSA) is 50.8 Å². The molecule has 1 aliphatic rings. The summed E-state index contributed by atoms with van der Waals surface area (Å²) in [5, 5.41) is 3.24. The third-order valence-corrected chi connectivity index (χ3v) is 3.14. The van der Waals surface area contributed by atoms with Crippen LogP contribution in [0.3, 0.4) is 0 Å². The van der Waals surface area contributed by atoms with Crippen molar-refractivity contribution in [2.45, 2.75) is 6.92 Å². The van der Waals surface area contributed by atoms with Crippen molar-refractivity contribution in [2.24, 2.45) is 0 Å². The number of para-hydroxylation sites is 1. The summed E-state index contributed by atoms with van der Waals surface area (Å²) >= 11 is 0. The molecule has 0 radical (unpaired) electrons. The molecule has 1 amide bonds. The number of nitrogens with zero attached hydrogens (tertiary/aromatic N) is 1. The van der Waals surface area contributed by atoms with Gasteiger partial charge in [0.2, 0.25) is 0 Å². The molecule has 0 fully saturated rings. The number of anilines is 1. The van der Waals surface area contributed by atoms with Crippen molar-refractivity contribution in [1.82, 2.24) is 4.90 Å². The van der Waals surface area contributed by atoms with Crippen molar-refractivity contribution in [3.63, 3.8) is 0 Å². The first kappa shape index (κ1) is 13.7. The second-order valence-electron chi connectivity index (χ2n) is 4.34. The summed E-state index contributed by atoms with van der Waals surface area (Å²) in [7, 11) is 1.63. The summed E-state index contributed by atoms with van der Waals surface area (Å²) in [6, 6.07) is 5.61. The van der Waals surface area contributed by atoms with Gasteiger partial charge in [0.25, 0.3) is 5.91 Å². The highest BCUT2D eigenvalue weighted by atomic mass is 16.5. The fraction of sp³-hybridized carbons (Fsp3) is 0.500. The third kappa shape index (κ3) is 2.98. The zero-order valence-corrected chi connectivity index (χ0v) is 11.4. The predicted molar refractivity (Wildman–Crippen MR) is 73.9 cm³/mol.